The SMILES string of the molecule is COc1cc(C=C(C#N)c2nc(-c3ccc(C)cc3C)cs2)cc(Br)c1O. The molecule has 0 aliphatic carbocycles. The number of aromatic nitrogens is 1. The Morgan fingerprint density at radius 3 is 2.74 bits per heavy atom. The Labute approximate surface area is 170 Å². The van der Waals surface area contributed by atoms with Crippen LogP contribution < -0.4 is 4.74 Å². The summed E-state index contributed by atoms with van der Waals surface area (Å²) in [5.74, 6) is 0.363. The molecular weight excluding hydrogens is 424 g/mol. The molecule has 0 saturated heterocycles. The molecule has 6 heteroatoms. The molecule has 0 aliphatic rings. The van der Waals surface area contributed by atoms with Gasteiger partial charge in [0.05, 0.1) is 22.8 Å². The van der Waals surface area contributed by atoms with Crippen LogP contribution in [0.25, 0.3) is 22.9 Å². The van der Waals surface area contributed by atoms with Crippen LogP contribution >= 0.6 is 27.3 Å². The highest BCUT2D eigenvalue weighted by Gasteiger charge is 2.13. The van der Waals surface area contributed by atoms with Crippen molar-refractivity contribution in [3.63, 3.8) is 0 Å². The number of rotatable bonds is 4. The lowest BCUT2D eigenvalue weighted by Crippen LogP contribution is -1.88. The molecule has 1 N–H and O–H groups in total. The number of benzene rings is 2. The monoisotopic (exact) mass is 440 g/mol. The van der Waals surface area contributed by atoms with Gasteiger partial charge < -0.3 is 9.84 Å². The largest absolute Gasteiger partial charge is 0.503 e. The molecule has 4 nitrogen and oxygen atoms in total. The Balaban J connectivity index is 2.00. The minimum atomic E-state index is 0.0274. The minimum absolute atomic E-state index is 0.0274. The van der Waals surface area contributed by atoms with Crippen molar-refractivity contribution in [1.82, 2.24) is 4.98 Å². The number of methoxy groups -OCH3 is 1. The molecule has 136 valence electrons. The smallest absolute Gasteiger partial charge is 0.172 e. The predicted molar refractivity (Wildman–Crippen MR) is 113 cm³/mol. The average molecular weight is 441 g/mol. The van der Waals surface area contributed by atoms with E-state index in [9.17, 15) is 10.4 Å². The first-order chi connectivity index (χ1) is 12.9. The number of halogens is 1. The van der Waals surface area contributed by atoms with Crippen LogP contribution in [-0.2, 0) is 0 Å². The van der Waals surface area contributed by atoms with E-state index in [0.29, 0.717) is 20.8 Å². The summed E-state index contributed by atoms with van der Waals surface area (Å²) in [5, 5.41) is 22.2. The second-order valence-electron chi connectivity index (χ2n) is 6.08. The lowest BCUT2D eigenvalue weighted by Gasteiger charge is -2.07. The second kappa shape index (κ2) is 7.95. The number of thiazole rings is 1. The fourth-order valence-electron chi connectivity index (χ4n) is 2.76. The summed E-state index contributed by atoms with van der Waals surface area (Å²) in [6, 6.07) is 11.9. The van der Waals surface area contributed by atoms with E-state index in [1.807, 2.05) is 5.38 Å². The van der Waals surface area contributed by atoms with Crippen LogP contribution in [-0.4, -0.2) is 17.2 Å². The van der Waals surface area contributed by atoms with E-state index in [0.717, 1.165) is 22.4 Å². The van der Waals surface area contributed by atoms with Crippen molar-refractivity contribution in [1.29, 1.82) is 5.26 Å². The third-order valence-corrected chi connectivity index (χ3v) is 5.57. The zero-order valence-corrected chi connectivity index (χ0v) is 17.5. The van der Waals surface area contributed by atoms with E-state index in [1.165, 1.54) is 24.0 Å². The zero-order chi connectivity index (χ0) is 19.6. The maximum Gasteiger partial charge on any atom is 0.172 e. The molecule has 3 aromatic rings. The second-order valence-corrected chi connectivity index (χ2v) is 7.79. The molecular formula is C21H17BrN2O2S. The topological polar surface area (TPSA) is 66.1 Å². The number of phenols is 1. The number of ether oxygens (including phenoxy) is 1. The molecule has 3 rings (SSSR count). The van der Waals surface area contributed by atoms with E-state index < -0.39 is 0 Å². The van der Waals surface area contributed by atoms with Crippen molar-refractivity contribution in [2.45, 2.75) is 13.8 Å². The number of hydrogen-bond acceptors (Lipinski definition) is 5. The van der Waals surface area contributed by atoms with Gasteiger partial charge in [0.2, 0.25) is 0 Å². The van der Waals surface area contributed by atoms with Crippen LogP contribution in [0.2, 0.25) is 0 Å². The van der Waals surface area contributed by atoms with Crippen LogP contribution in [0.1, 0.15) is 21.7 Å². The number of nitriles is 1. The van der Waals surface area contributed by atoms with Crippen LogP contribution in [0.3, 0.4) is 0 Å². The van der Waals surface area contributed by atoms with E-state index in [2.05, 4.69) is 59.0 Å². The molecule has 0 aliphatic heterocycles. The highest BCUT2D eigenvalue weighted by atomic mass is 79.9. The summed E-state index contributed by atoms with van der Waals surface area (Å²) < 4.78 is 5.67. The van der Waals surface area contributed by atoms with Gasteiger partial charge in [0, 0.05) is 10.9 Å². The molecule has 1 heterocycles. The number of nitrogens with zero attached hydrogens (tertiary/aromatic N) is 2. The van der Waals surface area contributed by atoms with Crippen molar-refractivity contribution in [3.8, 4) is 28.8 Å². The van der Waals surface area contributed by atoms with Gasteiger partial charge in [-0.2, -0.15) is 5.26 Å². The van der Waals surface area contributed by atoms with Gasteiger partial charge in [0.15, 0.2) is 11.5 Å². The van der Waals surface area contributed by atoms with Gasteiger partial charge >= 0.3 is 0 Å². The normalized spacial score (nSPS) is 11.3. The van der Waals surface area contributed by atoms with Gasteiger partial charge in [-0.15, -0.1) is 11.3 Å². The minimum Gasteiger partial charge on any atom is -0.503 e. The fraction of sp³-hybridized carbons (Fsp3) is 0.143. The summed E-state index contributed by atoms with van der Waals surface area (Å²) >= 11 is 4.73. The number of allylic oxidation sites excluding steroid dienone is 1. The Morgan fingerprint density at radius 2 is 2.07 bits per heavy atom. The summed E-state index contributed by atoms with van der Waals surface area (Å²) in [6.45, 7) is 4.12. The number of phenolic OH excluding ortho intramolecular Hbond substituents is 1. The van der Waals surface area contributed by atoms with Crippen molar-refractivity contribution < 1.29 is 9.84 Å². The average Bonchev–Trinajstić information content (AvgIpc) is 3.12. The van der Waals surface area contributed by atoms with Crippen LogP contribution in [0.5, 0.6) is 11.5 Å². The maximum atomic E-state index is 9.94. The lowest BCUT2D eigenvalue weighted by atomic mass is 10.0. The third kappa shape index (κ3) is 4.05. The number of aryl methyl sites for hydroxylation is 2. The molecule has 0 bridgehead atoms. The number of aromatic hydroxyl groups is 1. The van der Waals surface area contributed by atoms with Gasteiger partial charge in [-0.3, -0.25) is 0 Å². The highest BCUT2D eigenvalue weighted by Crippen LogP contribution is 2.36. The molecule has 27 heavy (non-hydrogen) atoms. The highest BCUT2D eigenvalue weighted by molar-refractivity contribution is 9.10. The molecule has 0 saturated carbocycles. The van der Waals surface area contributed by atoms with Gasteiger partial charge in [-0.05, 0) is 59.1 Å². The molecule has 2 aromatic carbocycles. The van der Waals surface area contributed by atoms with E-state index in [4.69, 9.17) is 4.74 Å². The van der Waals surface area contributed by atoms with Crippen molar-refractivity contribution in [2.24, 2.45) is 0 Å². The van der Waals surface area contributed by atoms with Crippen LogP contribution in [0.15, 0.2) is 40.2 Å². The molecule has 0 fully saturated rings. The summed E-state index contributed by atoms with van der Waals surface area (Å²) in [6.07, 6.45) is 1.73. The summed E-state index contributed by atoms with van der Waals surface area (Å²) in [7, 11) is 1.48. The summed E-state index contributed by atoms with van der Waals surface area (Å²) in [4.78, 5) is 4.66. The molecule has 0 atom stereocenters. The Bertz CT molecular complexity index is 1080. The Kier molecular flexibility index (Phi) is 5.64. The first-order valence-electron chi connectivity index (χ1n) is 8.14. The van der Waals surface area contributed by atoms with Crippen molar-refractivity contribution in [2.75, 3.05) is 7.11 Å². The lowest BCUT2D eigenvalue weighted by molar-refractivity contribution is 0.372. The quantitative estimate of drug-likeness (QED) is 0.507. The first-order valence-corrected chi connectivity index (χ1v) is 9.82. The van der Waals surface area contributed by atoms with E-state index in [-0.39, 0.29) is 5.75 Å². The maximum absolute atomic E-state index is 9.94. The fourth-order valence-corrected chi connectivity index (χ4v) is 4.01. The summed E-state index contributed by atoms with van der Waals surface area (Å²) in [5.41, 5.74) is 5.47. The van der Waals surface area contributed by atoms with Crippen LogP contribution in [0, 0.1) is 25.2 Å². The molecule has 0 radical (unpaired) electrons. The predicted octanol–water partition coefficient (Wildman–Crippen LogP) is 5.97. The number of hydrogen-bond donors (Lipinski definition) is 1. The van der Waals surface area contributed by atoms with Gasteiger partial charge in [0.1, 0.15) is 11.1 Å². The van der Waals surface area contributed by atoms with Crippen LogP contribution in [0.4, 0.5) is 0 Å². The zero-order valence-electron chi connectivity index (χ0n) is 15.1. The van der Waals surface area contributed by atoms with Crippen molar-refractivity contribution >= 4 is 38.9 Å². The van der Waals surface area contributed by atoms with Crippen molar-refractivity contribution in [3.05, 3.63) is 61.9 Å². The first kappa shape index (κ1) is 19.2. The third-order valence-electron chi connectivity index (χ3n) is 4.09. The Morgan fingerprint density at radius 1 is 1.30 bits per heavy atom. The van der Waals surface area contributed by atoms with Gasteiger partial charge in [-0.25, -0.2) is 4.98 Å². The Hall–Kier alpha value is -2.62. The molecule has 0 amide bonds. The molecule has 0 spiro atoms. The van der Waals surface area contributed by atoms with E-state index in [1.54, 1.807) is 18.2 Å². The van der Waals surface area contributed by atoms with E-state index >= 15 is 0 Å². The molecule has 0 unspecified atom stereocenters. The van der Waals surface area contributed by atoms with Gasteiger partial charge in [-0.1, -0.05) is 23.8 Å². The van der Waals surface area contributed by atoms with Gasteiger partial charge in [0.25, 0.3) is 0 Å². The standard InChI is InChI=1S/C21H17BrN2O2S/c1-12-4-5-16(13(2)6-12)18-11-27-21(24-18)15(10-23)7-14-8-17(22)20(25)19(9-14)26-3/h4-9,11,25H,1-3H3. The molecule has 1 aromatic heterocycles.